The number of benzene rings is 2. The maximum Gasteiger partial charge on any atom is 0.125 e. The van der Waals surface area contributed by atoms with E-state index in [9.17, 15) is 4.39 Å². The molecule has 2 N–H and O–H groups in total. The van der Waals surface area contributed by atoms with E-state index >= 15 is 0 Å². The molecule has 0 spiro atoms. The zero-order valence-electron chi connectivity index (χ0n) is 11.4. The van der Waals surface area contributed by atoms with E-state index in [1.54, 1.807) is 6.07 Å². The Bertz CT molecular complexity index is 563. The summed E-state index contributed by atoms with van der Waals surface area (Å²) in [5, 5.41) is 0. The average molecular weight is 270 g/mol. The molecule has 0 amide bonds. The van der Waals surface area contributed by atoms with E-state index in [0.29, 0.717) is 11.6 Å². The molecule has 0 bridgehead atoms. The number of halogens is 1. The Morgan fingerprint density at radius 2 is 1.95 bits per heavy atom. The quantitative estimate of drug-likeness (QED) is 0.866. The third-order valence-electron chi connectivity index (χ3n) is 3.93. The summed E-state index contributed by atoms with van der Waals surface area (Å²) < 4.78 is 13.3. The van der Waals surface area contributed by atoms with Crippen molar-refractivity contribution in [1.29, 1.82) is 0 Å². The maximum atomic E-state index is 13.3. The van der Waals surface area contributed by atoms with Gasteiger partial charge in [-0.25, -0.2) is 4.39 Å². The number of nitrogens with zero attached hydrogens (tertiary/aromatic N) is 1. The largest absolute Gasteiger partial charge is 0.399 e. The van der Waals surface area contributed by atoms with Crippen LogP contribution in [-0.2, 0) is 6.54 Å². The second-order valence-electron chi connectivity index (χ2n) is 5.52. The molecule has 20 heavy (non-hydrogen) atoms. The first-order valence-electron chi connectivity index (χ1n) is 7.03. The van der Waals surface area contributed by atoms with Gasteiger partial charge in [-0.3, -0.25) is 4.90 Å². The van der Waals surface area contributed by atoms with Crippen LogP contribution in [-0.4, -0.2) is 18.0 Å². The van der Waals surface area contributed by atoms with E-state index in [1.807, 2.05) is 12.1 Å². The summed E-state index contributed by atoms with van der Waals surface area (Å²) in [6.45, 7) is 2.85. The Hall–Kier alpha value is -1.87. The molecular formula is C17H19FN2. The fourth-order valence-corrected chi connectivity index (χ4v) is 3.00. The van der Waals surface area contributed by atoms with Crippen molar-refractivity contribution in [2.45, 2.75) is 18.9 Å². The average Bonchev–Trinajstić information content (AvgIpc) is 2.87. The SMILES string of the molecule is Nc1cc(F)cc(CN2CCC(c3ccccc3)C2)c1. The van der Waals surface area contributed by atoms with Gasteiger partial charge in [-0.05, 0) is 48.2 Å². The Morgan fingerprint density at radius 1 is 1.15 bits per heavy atom. The molecule has 1 fully saturated rings. The lowest BCUT2D eigenvalue weighted by atomic mass is 9.99. The van der Waals surface area contributed by atoms with E-state index in [1.165, 1.54) is 11.6 Å². The van der Waals surface area contributed by atoms with Gasteiger partial charge in [0.2, 0.25) is 0 Å². The van der Waals surface area contributed by atoms with Crippen molar-refractivity contribution in [3.63, 3.8) is 0 Å². The van der Waals surface area contributed by atoms with Crippen molar-refractivity contribution in [3.05, 3.63) is 65.5 Å². The molecule has 1 aliphatic rings. The predicted molar refractivity (Wildman–Crippen MR) is 79.9 cm³/mol. The first-order valence-corrected chi connectivity index (χ1v) is 7.03. The minimum absolute atomic E-state index is 0.251. The Morgan fingerprint density at radius 3 is 2.70 bits per heavy atom. The molecule has 0 aromatic heterocycles. The molecular weight excluding hydrogens is 251 g/mol. The topological polar surface area (TPSA) is 29.3 Å². The number of anilines is 1. The number of likely N-dealkylation sites (tertiary alicyclic amines) is 1. The van der Waals surface area contributed by atoms with Crippen molar-refractivity contribution in [2.24, 2.45) is 0 Å². The summed E-state index contributed by atoms with van der Waals surface area (Å²) >= 11 is 0. The van der Waals surface area contributed by atoms with Crippen molar-refractivity contribution in [3.8, 4) is 0 Å². The van der Waals surface area contributed by atoms with Crippen LogP contribution in [0.2, 0.25) is 0 Å². The van der Waals surface area contributed by atoms with Crippen molar-refractivity contribution in [1.82, 2.24) is 4.90 Å². The Balaban J connectivity index is 1.66. The summed E-state index contributed by atoms with van der Waals surface area (Å²) in [6.07, 6.45) is 1.16. The van der Waals surface area contributed by atoms with Gasteiger partial charge in [0.15, 0.2) is 0 Å². The molecule has 1 saturated heterocycles. The first kappa shape index (κ1) is 13.1. The van der Waals surface area contributed by atoms with Crippen molar-refractivity contribution in [2.75, 3.05) is 18.8 Å². The van der Waals surface area contributed by atoms with E-state index in [0.717, 1.165) is 31.6 Å². The fraction of sp³-hybridized carbons (Fsp3) is 0.294. The van der Waals surface area contributed by atoms with Crippen LogP contribution in [0.3, 0.4) is 0 Å². The van der Waals surface area contributed by atoms with Crippen LogP contribution in [0.4, 0.5) is 10.1 Å². The summed E-state index contributed by atoms with van der Waals surface area (Å²) in [4.78, 5) is 2.37. The molecule has 0 saturated carbocycles. The van der Waals surface area contributed by atoms with Gasteiger partial charge in [-0.15, -0.1) is 0 Å². The maximum absolute atomic E-state index is 13.3. The number of rotatable bonds is 3. The van der Waals surface area contributed by atoms with Crippen LogP contribution in [0.25, 0.3) is 0 Å². The van der Waals surface area contributed by atoms with Gasteiger partial charge in [0.1, 0.15) is 5.82 Å². The summed E-state index contributed by atoms with van der Waals surface area (Å²) in [7, 11) is 0. The minimum Gasteiger partial charge on any atom is -0.399 e. The predicted octanol–water partition coefficient (Wildman–Crippen LogP) is 3.40. The van der Waals surface area contributed by atoms with Gasteiger partial charge in [0, 0.05) is 18.8 Å². The van der Waals surface area contributed by atoms with Gasteiger partial charge in [-0.2, -0.15) is 0 Å². The highest BCUT2D eigenvalue weighted by Gasteiger charge is 2.23. The molecule has 2 aromatic carbocycles. The molecule has 3 rings (SSSR count). The molecule has 2 nitrogen and oxygen atoms in total. The van der Waals surface area contributed by atoms with Crippen LogP contribution in [0.5, 0.6) is 0 Å². The van der Waals surface area contributed by atoms with Crippen molar-refractivity contribution >= 4 is 5.69 Å². The molecule has 1 aliphatic heterocycles. The lowest BCUT2D eigenvalue weighted by Crippen LogP contribution is -2.20. The molecule has 104 valence electrons. The molecule has 0 aliphatic carbocycles. The summed E-state index contributed by atoms with van der Waals surface area (Å²) in [5.74, 6) is 0.334. The smallest absolute Gasteiger partial charge is 0.125 e. The van der Waals surface area contributed by atoms with Crippen LogP contribution < -0.4 is 5.73 Å². The normalized spacial score (nSPS) is 19.4. The van der Waals surface area contributed by atoms with Gasteiger partial charge >= 0.3 is 0 Å². The lowest BCUT2D eigenvalue weighted by Gasteiger charge is -2.16. The van der Waals surface area contributed by atoms with Gasteiger partial charge in [-0.1, -0.05) is 30.3 Å². The highest BCUT2D eigenvalue weighted by molar-refractivity contribution is 5.41. The van der Waals surface area contributed by atoms with E-state index in [4.69, 9.17) is 5.73 Å². The van der Waals surface area contributed by atoms with Gasteiger partial charge < -0.3 is 5.73 Å². The van der Waals surface area contributed by atoms with Crippen molar-refractivity contribution < 1.29 is 4.39 Å². The third-order valence-corrected chi connectivity index (χ3v) is 3.93. The highest BCUT2D eigenvalue weighted by atomic mass is 19.1. The van der Waals surface area contributed by atoms with Crippen LogP contribution in [0, 0.1) is 5.82 Å². The zero-order chi connectivity index (χ0) is 13.9. The molecule has 1 heterocycles. The number of hydrogen-bond donors (Lipinski definition) is 1. The van der Waals surface area contributed by atoms with E-state index < -0.39 is 0 Å². The van der Waals surface area contributed by atoms with Crippen LogP contribution in [0.1, 0.15) is 23.5 Å². The number of nitrogens with two attached hydrogens (primary N) is 1. The Labute approximate surface area is 119 Å². The third kappa shape index (κ3) is 2.99. The van der Waals surface area contributed by atoms with E-state index in [2.05, 4.69) is 29.2 Å². The number of hydrogen-bond acceptors (Lipinski definition) is 2. The Kier molecular flexibility index (Phi) is 3.70. The monoisotopic (exact) mass is 270 g/mol. The zero-order valence-corrected chi connectivity index (χ0v) is 11.4. The molecule has 1 unspecified atom stereocenters. The van der Waals surface area contributed by atoms with E-state index in [-0.39, 0.29) is 5.82 Å². The van der Waals surface area contributed by atoms with Gasteiger partial charge in [0.25, 0.3) is 0 Å². The standard InChI is InChI=1S/C17H19FN2/c18-16-8-13(9-17(19)10-16)11-20-7-6-15(12-20)14-4-2-1-3-5-14/h1-5,8-10,15H,6-7,11-12,19H2. The lowest BCUT2D eigenvalue weighted by molar-refractivity contribution is 0.326. The summed E-state index contributed by atoms with van der Waals surface area (Å²) in [6, 6.07) is 15.4. The van der Waals surface area contributed by atoms with Gasteiger partial charge in [0.05, 0.1) is 0 Å². The van der Waals surface area contributed by atoms with Crippen LogP contribution in [0.15, 0.2) is 48.5 Å². The van der Waals surface area contributed by atoms with Crippen LogP contribution >= 0.6 is 0 Å². The second kappa shape index (κ2) is 5.63. The molecule has 3 heteroatoms. The minimum atomic E-state index is -0.251. The number of nitrogen functional groups attached to an aromatic ring is 1. The fourth-order valence-electron chi connectivity index (χ4n) is 3.00. The second-order valence-corrected chi connectivity index (χ2v) is 5.52. The molecule has 1 atom stereocenters. The molecule has 0 radical (unpaired) electrons. The highest BCUT2D eigenvalue weighted by Crippen LogP contribution is 2.28. The molecule has 2 aromatic rings. The first-order chi connectivity index (χ1) is 9.70. The summed E-state index contributed by atoms with van der Waals surface area (Å²) in [5.41, 5.74) is 8.54.